The third-order valence-electron chi connectivity index (χ3n) is 4.47. The van der Waals surface area contributed by atoms with Gasteiger partial charge in [0.1, 0.15) is 0 Å². The van der Waals surface area contributed by atoms with Gasteiger partial charge in [0, 0.05) is 6.04 Å². The summed E-state index contributed by atoms with van der Waals surface area (Å²) in [5, 5.41) is 8.88. The Morgan fingerprint density at radius 3 is 2.25 bits per heavy atom. The van der Waals surface area contributed by atoms with Crippen molar-refractivity contribution in [1.82, 2.24) is 4.90 Å². The van der Waals surface area contributed by atoms with Crippen molar-refractivity contribution in [2.24, 2.45) is 11.1 Å². The van der Waals surface area contributed by atoms with E-state index in [9.17, 15) is 0 Å². The van der Waals surface area contributed by atoms with E-state index in [4.69, 9.17) is 10.8 Å². The first-order chi connectivity index (χ1) is 7.65. The van der Waals surface area contributed by atoms with E-state index in [0.717, 1.165) is 13.0 Å². The minimum absolute atomic E-state index is 0.0379. The Kier molecular flexibility index (Phi) is 5.73. The third-order valence-corrected chi connectivity index (χ3v) is 4.47. The van der Waals surface area contributed by atoms with Crippen LogP contribution >= 0.6 is 0 Å². The zero-order chi connectivity index (χ0) is 12.0. The summed E-state index contributed by atoms with van der Waals surface area (Å²) < 4.78 is 0. The van der Waals surface area contributed by atoms with Crippen LogP contribution in [-0.4, -0.2) is 42.3 Å². The molecular weight excluding hydrogens is 200 g/mol. The number of likely N-dealkylation sites (tertiary alicyclic amines) is 1. The van der Waals surface area contributed by atoms with Gasteiger partial charge in [-0.3, -0.25) is 0 Å². The number of hydrogen-bond acceptors (Lipinski definition) is 3. The molecule has 0 aromatic carbocycles. The summed E-state index contributed by atoms with van der Waals surface area (Å²) in [7, 11) is 0. The lowest BCUT2D eigenvalue weighted by atomic mass is 9.74. The molecule has 0 amide bonds. The smallest absolute Gasteiger partial charge is 0.0583 e. The maximum atomic E-state index is 8.88. The number of hydrogen-bond donors (Lipinski definition) is 2. The van der Waals surface area contributed by atoms with Gasteiger partial charge in [-0.15, -0.1) is 0 Å². The van der Waals surface area contributed by atoms with Crippen LogP contribution in [0.2, 0.25) is 0 Å². The molecule has 0 aromatic rings. The molecule has 0 aliphatic carbocycles. The highest BCUT2D eigenvalue weighted by molar-refractivity contribution is 4.84. The Balaban J connectivity index is 2.26. The van der Waals surface area contributed by atoms with Gasteiger partial charge < -0.3 is 15.7 Å². The van der Waals surface area contributed by atoms with E-state index in [2.05, 4.69) is 18.7 Å². The molecule has 1 aliphatic rings. The lowest BCUT2D eigenvalue weighted by molar-refractivity contribution is 0.0916. The first-order valence-corrected chi connectivity index (χ1v) is 6.74. The Morgan fingerprint density at radius 2 is 1.81 bits per heavy atom. The summed E-state index contributed by atoms with van der Waals surface area (Å²) >= 11 is 0. The van der Waals surface area contributed by atoms with E-state index >= 15 is 0 Å². The molecule has 0 aromatic heterocycles. The van der Waals surface area contributed by atoms with Crippen molar-refractivity contribution in [3.63, 3.8) is 0 Å². The molecule has 1 aliphatic heterocycles. The van der Waals surface area contributed by atoms with Crippen LogP contribution in [0, 0.1) is 5.41 Å². The van der Waals surface area contributed by atoms with Crippen LogP contribution in [0.15, 0.2) is 0 Å². The molecule has 0 radical (unpaired) electrons. The van der Waals surface area contributed by atoms with Gasteiger partial charge in [0.2, 0.25) is 0 Å². The fourth-order valence-corrected chi connectivity index (χ4v) is 2.65. The number of aliphatic hydroxyl groups excluding tert-OH is 1. The zero-order valence-electron chi connectivity index (χ0n) is 10.9. The van der Waals surface area contributed by atoms with Crippen molar-refractivity contribution in [3.05, 3.63) is 0 Å². The lowest BCUT2D eigenvalue weighted by Crippen LogP contribution is -2.41. The monoisotopic (exact) mass is 228 g/mol. The molecule has 1 atom stereocenters. The average molecular weight is 228 g/mol. The van der Waals surface area contributed by atoms with Crippen LogP contribution in [0.25, 0.3) is 0 Å². The highest BCUT2D eigenvalue weighted by Gasteiger charge is 2.30. The second-order valence-electron chi connectivity index (χ2n) is 5.28. The minimum atomic E-state index is -0.0379. The first-order valence-electron chi connectivity index (χ1n) is 6.74. The summed E-state index contributed by atoms with van der Waals surface area (Å²) in [6.07, 6.45) is 6.20. The zero-order valence-corrected chi connectivity index (χ0v) is 10.9. The Bertz CT molecular complexity index is 182. The standard InChI is InChI=1S/C13H28N2O/c1-3-13(4-2)6-9-15(10-7-13)8-5-12(14)11-16/h12,16H,3-11,14H2,1-2H3. The normalized spacial score (nSPS) is 23.2. The second-order valence-corrected chi connectivity index (χ2v) is 5.28. The van der Waals surface area contributed by atoms with Gasteiger partial charge >= 0.3 is 0 Å². The largest absolute Gasteiger partial charge is 0.395 e. The SMILES string of the molecule is CCC1(CC)CCN(CCC(N)CO)CC1. The van der Waals surface area contributed by atoms with Crippen LogP contribution in [-0.2, 0) is 0 Å². The molecule has 1 saturated heterocycles. The minimum Gasteiger partial charge on any atom is -0.395 e. The summed E-state index contributed by atoms with van der Waals surface area (Å²) in [6.45, 7) is 8.22. The molecule has 0 saturated carbocycles. The summed E-state index contributed by atoms with van der Waals surface area (Å²) in [6, 6.07) is -0.0379. The van der Waals surface area contributed by atoms with Crippen molar-refractivity contribution >= 4 is 0 Å². The van der Waals surface area contributed by atoms with Crippen LogP contribution < -0.4 is 5.73 Å². The van der Waals surface area contributed by atoms with E-state index in [1.807, 2.05) is 0 Å². The molecule has 0 bridgehead atoms. The molecular formula is C13H28N2O. The van der Waals surface area contributed by atoms with Gasteiger partial charge in [-0.05, 0) is 44.3 Å². The van der Waals surface area contributed by atoms with E-state index in [-0.39, 0.29) is 12.6 Å². The highest BCUT2D eigenvalue weighted by Crippen LogP contribution is 2.37. The van der Waals surface area contributed by atoms with Crippen molar-refractivity contribution in [2.45, 2.75) is 52.0 Å². The molecule has 3 heteroatoms. The van der Waals surface area contributed by atoms with Gasteiger partial charge in [-0.2, -0.15) is 0 Å². The molecule has 0 spiro atoms. The Morgan fingerprint density at radius 1 is 1.25 bits per heavy atom. The topological polar surface area (TPSA) is 49.5 Å². The van der Waals surface area contributed by atoms with Crippen LogP contribution in [0.4, 0.5) is 0 Å². The average Bonchev–Trinajstić information content (AvgIpc) is 2.36. The van der Waals surface area contributed by atoms with E-state index in [0.29, 0.717) is 5.41 Å². The predicted octanol–water partition coefficient (Wildman–Crippen LogP) is 1.60. The van der Waals surface area contributed by atoms with E-state index < -0.39 is 0 Å². The third kappa shape index (κ3) is 3.72. The van der Waals surface area contributed by atoms with Crippen LogP contribution in [0.1, 0.15) is 46.0 Å². The summed E-state index contributed by atoms with van der Waals surface area (Å²) in [5.41, 5.74) is 6.33. The first kappa shape index (κ1) is 13.9. The van der Waals surface area contributed by atoms with Gasteiger partial charge in [0.25, 0.3) is 0 Å². The molecule has 1 fully saturated rings. The van der Waals surface area contributed by atoms with Crippen molar-refractivity contribution in [2.75, 3.05) is 26.2 Å². The number of aliphatic hydroxyl groups is 1. The summed E-state index contributed by atoms with van der Waals surface area (Å²) in [4.78, 5) is 2.50. The van der Waals surface area contributed by atoms with Crippen molar-refractivity contribution in [3.8, 4) is 0 Å². The van der Waals surface area contributed by atoms with Gasteiger partial charge in [-0.1, -0.05) is 26.7 Å². The van der Waals surface area contributed by atoms with E-state index in [1.165, 1.54) is 38.8 Å². The van der Waals surface area contributed by atoms with Crippen molar-refractivity contribution < 1.29 is 5.11 Å². The Hall–Kier alpha value is -0.120. The maximum absolute atomic E-state index is 8.88. The highest BCUT2D eigenvalue weighted by atomic mass is 16.3. The fraction of sp³-hybridized carbons (Fsp3) is 1.00. The predicted molar refractivity (Wildman–Crippen MR) is 68.4 cm³/mol. The molecule has 16 heavy (non-hydrogen) atoms. The van der Waals surface area contributed by atoms with E-state index in [1.54, 1.807) is 0 Å². The van der Waals surface area contributed by atoms with Crippen molar-refractivity contribution in [1.29, 1.82) is 0 Å². The number of piperidine rings is 1. The Labute approximate surface area is 100 Å². The fourth-order valence-electron chi connectivity index (χ4n) is 2.65. The quantitative estimate of drug-likeness (QED) is 0.726. The number of nitrogens with zero attached hydrogens (tertiary/aromatic N) is 1. The van der Waals surface area contributed by atoms with Gasteiger partial charge in [0.15, 0.2) is 0 Å². The molecule has 3 nitrogen and oxygen atoms in total. The van der Waals surface area contributed by atoms with Crippen LogP contribution in [0.3, 0.4) is 0 Å². The second kappa shape index (κ2) is 6.58. The number of rotatable bonds is 6. The van der Waals surface area contributed by atoms with Crippen LogP contribution in [0.5, 0.6) is 0 Å². The maximum Gasteiger partial charge on any atom is 0.0583 e. The summed E-state index contributed by atoms with van der Waals surface area (Å²) in [5.74, 6) is 0. The lowest BCUT2D eigenvalue weighted by Gasteiger charge is -2.41. The molecule has 1 unspecified atom stereocenters. The van der Waals surface area contributed by atoms with Gasteiger partial charge in [-0.25, -0.2) is 0 Å². The molecule has 1 heterocycles. The molecule has 3 N–H and O–H groups in total. The van der Waals surface area contributed by atoms with Gasteiger partial charge in [0.05, 0.1) is 6.61 Å². The number of nitrogens with two attached hydrogens (primary N) is 1. The molecule has 96 valence electrons. The molecule has 1 rings (SSSR count).